The van der Waals surface area contributed by atoms with Crippen molar-refractivity contribution in [2.24, 2.45) is 5.92 Å². The van der Waals surface area contributed by atoms with E-state index in [2.05, 4.69) is 4.98 Å². The third kappa shape index (κ3) is 5.62. The zero-order valence-electron chi connectivity index (χ0n) is 9.83. The van der Waals surface area contributed by atoms with Gasteiger partial charge in [0.25, 0.3) is 0 Å². The maximum Gasteiger partial charge on any atom is 0.303 e. The van der Waals surface area contributed by atoms with Crippen molar-refractivity contribution in [1.82, 2.24) is 4.98 Å². The van der Waals surface area contributed by atoms with E-state index in [0.29, 0.717) is 24.4 Å². The van der Waals surface area contributed by atoms with Crippen LogP contribution >= 0.6 is 11.3 Å². The number of nitrogens with two attached hydrogens (primary N) is 1. The Labute approximate surface area is 108 Å². The van der Waals surface area contributed by atoms with Crippen LogP contribution in [0.25, 0.3) is 0 Å². The van der Waals surface area contributed by atoms with Crippen LogP contribution in [0, 0.1) is 5.92 Å². The van der Waals surface area contributed by atoms with Gasteiger partial charge in [-0.25, -0.2) is 4.98 Å². The fourth-order valence-corrected chi connectivity index (χ4v) is 2.29. The molecule has 1 rings (SSSR count). The Bertz CT molecular complexity index is 401. The van der Waals surface area contributed by atoms with Gasteiger partial charge in [0.05, 0.1) is 5.69 Å². The molecule has 7 heteroatoms. The fourth-order valence-electron chi connectivity index (χ4n) is 1.72. The molecule has 0 fully saturated rings. The Hall–Kier alpha value is -1.63. The number of nitrogens with zero attached hydrogens (tertiary/aromatic N) is 1. The molecule has 0 amide bonds. The molecule has 0 radical (unpaired) electrons. The molecule has 1 heterocycles. The van der Waals surface area contributed by atoms with E-state index in [9.17, 15) is 9.59 Å². The number of hydrogen-bond donors (Lipinski definition) is 3. The van der Waals surface area contributed by atoms with E-state index >= 15 is 0 Å². The van der Waals surface area contributed by atoms with E-state index in [1.807, 2.05) is 5.38 Å². The van der Waals surface area contributed by atoms with Gasteiger partial charge in [0.15, 0.2) is 5.13 Å². The summed E-state index contributed by atoms with van der Waals surface area (Å²) in [5.74, 6) is -1.72. The lowest BCUT2D eigenvalue weighted by Gasteiger charge is -2.13. The average Bonchev–Trinajstić information content (AvgIpc) is 2.67. The highest BCUT2D eigenvalue weighted by Crippen LogP contribution is 2.21. The monoisotopic (exact) mass is 272 g/mol. The van der Waals surface area contributed by atoms with Gasteiger partial charge in [-0.1, -0.05) is 0 Å². The van der Waals surface area contributed by atoms with Crippen LogP contribution in [0.15, 0.2) is 5.38 Å². The fraction of sp³-hybridized carbons (Fsp3) is 0.545. The molecule has 100 valence electrons. The van der Waals surface area contributed by atoms with Gasteiger partial charge in [-0.2, -0.15) is 0 Å². The summed E-state index contributed by atoms with van der Waals surface area (Å²) in [5, 5.41) is 19.6. The first-order valence-electron chi connectivity index (χ1n) is 5.61. The number of thiazole rings is 1. The molecule has 0 unspecified atom stereocenters. The van der Waals surface area contributed by atoms with Crippen molar-refractivity contribution in [2.45, 2.75) is 32.1 Å². The highest BCUT2D eigenvalue weighted by atomic mass is 32.1. The Morgan fingerprint density at radius 1 is 1.28 bits per heavy atom. The minimum Gasteiger partial charge on any atom is -0.481 e. The first kappa shape index (κ1) is 14.4. The van der Waals surface area contributed by atoms with Gasteiger partial charge in [-0.05, 0) is 25.2 Å². The highest BCUT2D eigenvalue weighted by molar-refractivity contribution is 7.13. The number of aliphatic carboxylic acids is 2. The lowest BCUT2D eigenvalue weighted by Crippen LogP contribution is -2.10. The highest BCUT2D eigenvalue weighted by Gasteiger charge is 2.15. The number of carboxylic acids is 2. The van der Waals surface area contributed by atoms with Crippen LogP contribution in [0.3, 0.4) is 0 Å². The van der Waals surface area contributed by atoms with Crippen molar-refractivity contribution >= 4 is 28.4 Å². The van der Waals surface area contributed by atoms with Crippen molar-refractivity contribution in [2.75, 3.05) is 5.73 Å². The van der Waals surface area contributed by atoms with E-state index in [-0.39, 0.29) is 18.8 Å². The van der Waals surface area contributed by atoms with Crippen LogP contribution in [0.5, 0.6) is 0 Å². The first-order chi connectivity index (χ1) is 8.47. The summed E-state index contributed by atoms with van der Waals surface area (Å²) in [6.07, 6.45) is 1.59. The topological polar surface area (TPSA) is 114 Å². The van der Waals surface area contributed by atoms with Gasteiger partial charge in [0.1, 0.15) is 0 Å². The second-order valence-electron chi connectivity index (χ2n) is 4.11. The molecule has 0 aliphatic heterocycles. The molecule has 0 aromatic carbocycles. The Balaban J connectivity index is 2.52. The summed E-state index contributed by atoms with van der Waals surface area (Å²) >= 11 is 1.33. The van der Waals surface area contributed by atoms with Crippen LogP contribution in [0.1, 0.15) is 31.4 Å². The summed E-state index contributed by atoms with van der Waals surface area (Å²) in [6.45, 7) is 0. The number of aromatic nitrogens is 1. The third-order valence-corrected chi connectivity index (χ3v) is 3.32. The summed E-state index contributed by atoms with van der Waals surface area (Å²) in [6, 6.07) is 0. The van der Waals surface area contributed by atoms with Crippen LogP contribution in [-0.4, -0.2) is 27.1 Å². The molecule has 0 spiro atoms. The minimum atomic E-state index is -0.867. The first-order valence-corrected chi connectivity index (χ1v) is 6.48. The predicted octanol–water partition coefficient (Wildman–Crippen LogP) is 1.61. The molecule has 0 saturated carbocycles. The van der Waals surface area contributed by atoms with E-state index in [1.165, 1.54) is 11.3 Å². The molecule has 0 saturated heterocycles. The van der Waals surface area contributed by atoms with Gasteiger partial charge in [-0.15, -0.1) is 11.3 Å². The number of carbonyl (C=O) groups is 2. The predicted molar refractivity (Wildman–Crippen MR) is 67.5 cm³/mol. The maximum absolute atomic E-state index is 10.5. The summed E-state index contributed by atoms with van der Waals surface area (Å²) in [4.78, 5) is 25.2. The van der Waals surface area contributed by atoms with Crippen LogP contribution in [0.2, 0.25) is 0 Å². The van der Waals surface area contributed by atoms with Gasteiger partial charge in [-0.3, -0.25) is 9.59 Å². The number of nitrogen functional groups attached to an aromatic ring is 1. The average molecular weight is 272 g/mol. The zero-order valence-corrected chi connectivity index (χ0v) is 10.7. The Kier molecular flexibility index (Phi) is 5.57. The molecule has 0 bridgehead atoms. The van der Waals surface area contributed by atoms with Gasteiger partial charge in [0.2, 0.25) is 0 Å². The van der Waals surface area contributed by atoms with Crippen LogP contribution in [0.4, 0.5) is 5.13 Å². The second-order valence-corrected chi connectivity index (χ2v) is 5.00. The summed E-state index contributed by atoms with van der Waals surface area (Å²) in [5.41, 5.74) is 6.32. The van der Waals surface area contributed by atoms with E-state index in [4.69, 9.17) is 15.9 Å². The van der Waals surface area contributed by atoms with Crippen molar-refractivity contribution in [1.29, 1.82) is 0 Å². The van der Waals surface area contributed by atoms with Crippen LogP contribution in [-0.2, 0) is 16.0 Å². The molecule has 0 aliphatic carbocycles. The Morgan fingerprint density at radius 2 is 1.83 bits per heavy atom. The smallest absolute Gasteiger partial charge is 0.303 e. The van der Waals surface area contributed by atoms with Crippen molar-refractivity contribution < 1.29 is 19.8 Å². The minimum absolute atomic E-state index is 0.0127. The molecule has 0 aliphatic rings. The molecule has 1 aromatic rings. The van der Waals surface area contributed by atoms with Crippen LogP contribution < -0.4 is 5.73 Å². The van der Waals surface area contributed by atoms with Gasteiger partial charge >= 0.3 is 11.9 Å². The standard InChI is InChI=1S/C11H16N2O4S/c12-11-13-8(6-18-11)5-7(1-3-9(14)15)2-4-10(16)17/h6-7H,1-5H2,(H2,12,13)(H,14,15)(H,16,17). The van der Waals surface area contributed by atoms with Gasteiger partial charge < -0.3 is 15.9 Å². The molecule has 18 heavy (non-hydrogen) atoms. The molecular weight excluding hydrogens is 256 g/mol. The normalized spacial score (nSPS) is 10.7. The quantitative estimate of drug-likeness (QED) is 0.662. The summed E-state index contributed by atoms with van der Waals surface area (Å²) in [7, 11) is 0. The van der Waals surface area contributed by atoms with Gasteiger partial charge in [0, 0.05) is 18.2 Å². The number of carboxylic acid groups (broad SMARTS) is 2. The molecule has 4 N–H and O–H groups in total. The molecule has 1 aromatic heterocycles. The largest absolute Gasteiger partial charge is 0.481 e. The third-order valence-electron chi connectivity index (χ3n) is 2.60. The van der Waals surface area contributed by atoms with E-state index in [1.54, 1.807) is 0 Å². The number of anilines is 1. The molecule has 6 nitrogen and oxygen atoms in total. The Morgan fingerprint density at radius 3 is 2.22 bits per heavy atom. The van der Waals surface area contributed by atoms with Crippen molar-refractivity contribution in [3.8, 4) is 0 Å². The molecule has 0 atom stereocenters. The van der Waals surface area contributed by atoms with E-state index in [0.717, 1.165) is 5.69 Å². The lowest BCUT2D eigenvalue weighted by molar-refractivity contribution is -0.137. The number of rotatable bonds is 8. The lowest BCUT2D eigenvalue weighted by atomic mass is 9.93. The number of hydrogen-bond acceptors (Lipinski definition) is 5. The zero-order chi connectivity index (χ0) is 13.5. The second kappa shape index (κ2) is 6.95. The molecular formula is C11H16N2O4S. The van der Waals surface area contributed by atoms with Crippen molar-refractivity contribution in [3.63, 3.8) is 0 Å². The maximum atomic E-state index is 10.5. The van der Waals surface area contributed by atoms with Crippen molar-refractivity contribution in [3.05, 3.63) is 11.1 Å². The van der Waals surface area contributed by atoms with E-state index < -0.39 is 11.9 Å². The summed E-state index contributed by atoms with van der Waals surface area (Å²) < 4.78 is 0. The SMILES string of the molecule is Nc1nc(CC(CCC(=O)O)CCC(=O)O)cs1.